The maximum Gasteiger partial charge on any atom is 0.211 e. The summed E-state index contributed by atoms with van der Waals surface area (Å²) in [7, 11) is -3.09. The largest absolute Gasteiger partial charge is 0.357 e. The molecule has 0 bridgehead atoms. The molecule has 0 aliphatic carbocycles. The molecule has 130 valence electrons. The van der Waals surface area contributed by atoms with Crippen LogP contribution in [0.2, 0.25) is 0 Å². The summed E-state index contributed by atoms with van der Waals surface area (Å²) in [5.74, 6) is 2.22. The number of nitrogens with one attached hydrogen (secondary N) is 2. The first-order valence-corrected chi connectivity index (χ1v) is 10.8. The number of rotatable bonds is 8. The van der Waals surface area contributed by atoms with Crippen molar-refractivity contribution < 1.29 is 8.42 Å². The highest BCUT2D eigenvalue weighted by Crippen LogP contribution is 2.20. The van der Waals surface area contributed by atoms with Crippen molar-refractivity contribution >= 4 is 27.7 Å². The summed E-state index contributed by atoms with van der Waals surface area (Å²) in [5, 5.41) is 4.02. The summed E-state index contributed by atoms with van der Waals surface area (Å²) in [6, 6.07) is 0. The third-order valence-electron chi connectivity index (χ3n) is 3.53. The van der Waals surface area contributed by atoms with Crippen LogP contribution in [0.25, 0.3) is 0 Å². The lowest BCUT2D eigenvalue weighted by Gasteiger charge is -2.34. The second-order valence-corrected chi connectivity index (χ2v) is 8.74. The van der Waals surface area contributed by atoms with Crippen molar-refractivity contribution in [3.63, 3.8) is 0 Å². The Bertz CT molecular complexity index is 440. The highest BCUT2D eigenvalue weighted by Gasteiger charge is 2.21. The predicted octanol–water partition coefficient (Wildman–Crippen LogP) is 1.11. The van der Waals surface area contributed by atoms with E-state index in [0.29, 0.717) is 24.8 Å². The molecule has 1 aliphatic rings. The molecule has 1 saturated heterocycles. The van der Waals surface area contributed by atoms with Gasteiger partial charge in [0.1, 0.15) is 0 Å². The summed E-state index contributed by atoms with van der Waals surface area (Å²) >= 11 is 2.04. The van der Waals surface area contributed by atoms with Gasteiger partial charge in [-0.3, -0.25) is 4.99 Å². The third kappa shape index (κ3) is 7.19. The minimum absolute atomic E-state index is 0.128. The number of aliphatic imine (C=N–C) groups is 1. The Hall–Kier alpha value is -0.470. The molecule has 0 aromatic heterocycles. The minimum atomic E-state index is -3.09. The molecule has 1 heterocycles. The molecule has 0 spiro atoms. The SMILES string of the molecule is CCNC(=NCCCNS(=O)(=O)CC)N1CCSC(CC)C1. The normalized spacial score (nSPS) is 20.2. The fraction of sp³-hybridized carbons (Fsp3) is 0.929. The van der Waals surface area contributed by atoms with Gasteiger partial charge in [-0.1, -0.05) is 6.92 Å². The average molecular weight is 351 g/mol. The fourth-order valence-corrected chi connectivity index (χ4v) is 4.02. The van der Waals surface area contributed by atoms with E-state index in [1.807, 2.05) is 11.8 Å². The number of thioether (sulfide) groups is 1. The molecule has 8 heteroatoms. The Balaban J connectivity index is 2.44. The smallest absolute Gasteiger partial charge is 0.211 e. The van der Waals surface area contributed by atoms with E-state index in [9.17, 15) is 8.42 Å². The first-order chi connectivity index (χ1) is 10.5. The van der Waals surface area contributed by atoms with E-state index in [2.05, 4.69) is 33.8 Å². The van der Waals surface area contributed by atoms with Gasteiger partial charge in [-0.05, 0) is 26.7 Å². The Morgan fingerprint density at radius 3 is 2.77 bits per heavy atom. The van der Waals surface area contributed by atoms with Gasteiger partial charge in [0.2, 0.25) is 10.0 Å². The van der Waals surface area contributed by atoms with E-state index in [0.717, 1.165) is 31.3 Å². The van der Waals surface area contributed by atoms with Crippen molar-refractivity contribution in [3.8, 4) is 0 Å². The zero-order valence-corrected chi connectivity index (χ0v) is 15.6. The molecule has 1 unspecified atom stereocenters. The van der Waals surface area contributed by atoms with Crippen molar-refractivity contribution in [2.24, 2.45) is 4.99 Å². The highest BCUT2D eigenvalue weighted by atomic mass is 32.2. The fourth-order valence-electron chi connectivity index (χ4n) is 2.18. The second-order valence-electron chi connectivity index (χ2n) is 5.23. The molecular formula is C14H30N4O2S2. The number of sulfonamides is 1. The van der Waals surface area contributed by atoms with E-state index in [1.54, 1.807) is 6.92 Å². The van der Waals surface area contributed by atoms with Gasteiger partial charge in [0, 0.05) is 43.7 Å². The number of nitrogens with zero attached hydrogens (tertiary/aromatic N) is 2. The summed E-state index contributed by atoms with van der Waals surface area (Å²) < 4.78 is 25.3. The van der Waals surface area contributed by atoms with E-state index in [1.165, 1.54) is 6.42 Å². The number of hydrogen-bond donors (Lipinski definition) is 2. The van der Waals surface area contributed by atoms with Crippen molar-refractivity contribution in [2.45, 2.75) is 38.9 Å². The summed E-state index contributed by atoms with van der Waals surface area (Å²) in [6.45, 7) is 9.93. The average Bonchev–Trinajstić information content (AvgIpc) is 2.53. The van der Waals surface area contributed by atoms with E-state index < -0.39 is 10.0 Å². The molecule has 1 rings (SSSR count). The summed E-state index contributed by atoms with van der Waals surface area (Å²) in [6.07, 6.45) is 1.90. The van der Waals surface area contributed by atoms with Gasteiger partial charge >= 0.3 is 0 Å². The van der Waals surface area contributed by atoms with E-state index in [4.69, 9.17) is 0 Å². The van der Waals surface area contributed by atoms with Crippen LogP contribution < -0.4 is 10.0 Å². The van der Waals surface area contributed by atoms with Crippen molar-refractivity contribution in [2.75, 3.05) is 44.2 Å². The maximum absolute atomic E-state index is 11.3. The Morgan fingerprint density at radius 2 is 2.14 bits per heavy atom. The number of guanidine groups is 1. The molecule has 2 N–H and O–H groups in total. The molecule has 1 atom stereocenters. The maximum atomic E-state index is 11.3. The molecule has 0 aromatic carbocycles. The van der Waals surface area contributed by atoms with Crippen LogP contribution >= 0.6 is 11.8 Å². The Morgan fingerprint density at radius 1 is 1.36 bits per heavy atom. The standard InChI is InChI=1S/C14H30N4O2S2/c1-4-13-12-18(10-11-21-13)14(15-5-2)16-8-7-9-17-22(19,20)6-3/h13,17H,4-12H2,1-3H3,(H,15,16). The lowest BCUT2D eigenvalue weighted by Crippen LogP contribution is -2.48. The van der Waals surface area contributed by atoms with Crippen LogP contribution in [0, 0.1) is 0 Å². The third-order valence-corrected chi connectivity index (χ3v) is 6.30. The van der Waals surface area contributed by atoms with Crippen molar-refractivity contribution in [3.05, 3.63) is 0 Å². The molecule has 22 heavy (non-hydrogen) atoms. The summed E-state index contributed by atoms with van der Waals surface area (Å²) in [4.78, 5) is 6.96. The number of hydrogen-bond acceptors (Lipinski definition) is 4. The van der Waals surface area contributed by atoms with Crippen molar-refractivity contribution in [1.82, 2.24) is 14.9 Å². The van der Waals surface area contributed by atoms with Crippen LogP contribution in [-0.4, -0.2) is 68.8 Å². The lowest BCUT2D eigenvalue weighted by atomic mass is 10.3. The topological polar surface area (TPSA) is 73.8 Å². The van der Waals surface area contributed by atoms with E-state index in [-0.39, 0.29) is 5.75 Å². The minimum Gasteiger partial charge on any atom is -0.357 e. The molecule has 6 nitrogen and oxygen atoms in total. The van der Waals surface area contributed by atoms with Gasteiger partial charge in [-0.15, -0.1) is 0 Å². The van der Waals surface area contributed by atoms with Gasteiger partial charge in [0.05, 0.1) is 5.75 Å². The van der Waals surface area contributed by atoms with Crippen LogP contribution in [0.1, 0.15) is 33.6 Å². The molecule has 0 radical (unpaired) electrons. The van der Waals surface area contributed by atoms with Crippen LogP contribution in [0.4, 0.5) is 0 Å². The highest BCUT2D eigenvalue weighted by molar-refractivity contribution is 8.00. The zero-order valence-electron chi connectivity index (χ0n) is 14.0. The summed E-state index contributed by atoms with van der Waals surface area (Å²) in [5.41, 5.74) is 0. The Kier molecular flexibility index (Phi) is 9.19. The molecule has 0 saturated carbocycles. The van der Waals surface area contributed by atoms with Crippen LogP contribution in [0.3, 0.4) is 0 Å². The first kappa shape index (κ1) is 19.6. The van der Waals surface area contributed by atoms with Crippen LogP contribution in [0.5, 0.6) is 0 Å². The predicted molar refractivity (Wildman–Crippen MR) is 96.2 cm³/mol. The van der Waals surface area contributed by atoms with Gasteiger partial charge in [-0.25, -0.2) is 13.1 Å². The first-order valence-electron chi connectivity index (χ1n) is 8.14. The van der Waals surface area contributed by atoms with Crippen LogP contribution in [0.15, 0.2) is 4.99 Å². The Labute approximate surface area is 139 Å². The van der Waals surface area contributed by atoms with Crippen LogP contribution in [-0.2, 0) is 10.0 Å². The molecule has 1 fully saturated rings. The monoisotopic (exact) mass is 350 g/mol. The van der Waals surface area contributed by atoms with Gasteiger partial charge in [0.15, 0.2) is 5.96 Å². The van der Waals surface area contributed by atoms with Gasteiger partial charge in [-0.2, -0.15) is 11.8 Å². The van der Waals surface area contributed by atoms with Gasteiger partial charge in [0.25, 0.3) is 0 Å². The zero-order chi connectivity index (χ0) is 16.4. The van der Waals surface area contributed by atoms with E-state index >= 15 is 0 Å². The molecule has 0 aromatic rings. The molecular weight excluding hydrogens is 320 g/mol. The second kappa shape index (κ2) is 10.3. The van der Waals surface area contributed by atoms with Crippen molar-refractivity contribution in [1.29, 1.82) is 0 Å². The molecule has 0 amide bonds. The lowest BCUT2D eigenvalue weighted by molar-refractivity contribution is 0.408. The van der Waals surface area contributed by atoms with Gasteiger partial charge < -0.3 is 10.2 Å². The quantitative estimate of drug-likeness (QED) is 0.390. The molecule has 1 aliphatic heterocycles.